The summed E-state index contributed by atoms with van der Waals surface area (Å²) >= 11 is 0. The largest absolute Gasteiger partial charge is 0.382 e. The van der Waals surface area contributed by atoms with E-state index in [2.05, 4.69) is 15.0 Å². The highest BCUT2D eigenvalue weighted by molar-refractivity contribution is 7.91. The Kier molecular flexibility index (Phi) is 4.33. The van der Waals surface area contributed by atoms with Gasteiger partial charge < -0.3 is 19.9 Å². The number of hydrogen-bond acceptors (Lipinski definition) is 9. The Labute approximate surface area is 172 Å². The maximum absolute atomic E-state index is 13.0. The monoisotopic (exact) mass is 431 g/mol. The molecule has 2 saturated heterocycles. The first-order valence-electron chi connectivity index (χ1n) is 9.47. The number of fused-ring (bicyclic) bond motifs is 2. The Morgan fingerprint density at radius 2 is 1.83 bits per heavy atom. The Morgan fingerprint density at radius 3 is 2.60 bits per heavy atom. The standard InChI is InChI=1S/C19H21N5O5S/c1-19(2)28-14-12(8-30(25,26)11-6-4-3-5-7-11)27-18(15(14)29-19)24-10-23-13-16(20)21-9-22-17(13)24/h3-7,9-10,12,14-15,18H,8H2,1-2H3,(H2,20,21,22)/t12-,14-,15-,18-/m1/s1. The average Bonchev–Trinajstić information content (AvgIpc) is 3.35. The van der Waals surface area contributed by atoms with Gasteiger partial charge in [-0.3, -0.25) is 4.57 Å². The lowest BCUT2D eigenvalue weighted by molar-refractivity contribution is -0.193. The van der Waals surface area contributed by atoms with Crippen LogP contribution in [0.15, 0.2) is 47.9 Å². The van der Waals surface area contributed by atoms with Crippen molar-refractivity contribution in [3.05, 3.63) is 43.0 Å². The van der Waals surface area contributed by atoms with Gasteiger partial charge in [-0.2, -0.15) is 0 Å². The van der Waals surface area contributed by atoms with E-state index in [0.29, 0.717) is 11.2 Å². The number of benzene rings is 1. The second kappa shape index (κ2) is 6.71. The van der Waals surface area contributed by atoms with Crippen LogP contribution in [0.1, 0.15) is 20.1 Å². The lowest BCUT2D eigenvalue weighted by atomic mass is 10.1. The number of nitrogen functional groups attached to an aromatic ring is 1. The number of nitrogens with zero attached hydrogens (tertiary/aromatic N) is 4. The molecule has 0 aliphatic carbocycles. The SMILES string of the molecule is CC1(C)O[C@@H]2[C@H](O1)[C@@H](CS(=O)(=O)c1ccccc1)O[C@H]2n1cnc2c(N)ncnc21. The van der Waals surface area contributed by atoms with Crippen molar-refractivity contribution in [3.8, 4) is 0 Å². The zero-order chi connectivity index (χ0) is 21.1. The molecule has 0 spiro atoms. The minimum absolute atomic E-state index is 0.236. The van der Waals surface area contributed by atoms with E-state index in [4.69, 9.17) is 19.9 Å². The van der Waals surface area contributed by atoms with E-state index in [1.54, 1.807) is 55.1 Å². The van der Waals surface area contributed by atoms with E-state index in [9.17, 15) is 8.42 Å². The normalized spacial score (nSPS) is 28.1. The lowest BCUT2D eigenvalue weighted by Crippen LogP contribution is -2.34. The lowest BCUT2D eigenvalue weighted by Gasteiger charge is -2.24. The van der Waals surface area contributed by atoms with Crippen LogP contribution in [0.3, 0.4) is 0 Å². The summed E-state index contributed by atoms with van der Waals surface area (Å²) in [6.45, 7) is 3.58. The van der Waals surface area contributed by atoms with Gasteiger partial charge in [0.2, 0.25) is 0 Å². The molecular weight excluding hydrogens is 410 g/mol. The number of nitrogens with two attached hydrogens (primary N) is 1. The van der Waals surface area contributed by atoms with Crippen LogP contribution in [-0.2, 0) is 24.0 Å². The third-order valence-corrected chi connectivity index (χ3v) is 7.03. The Hall–Kier alpha value is -2.60. The molecule has 0 amide bonds. The van der Waals surface area contributed by atoms with Crippen molar-refractivity contribution in [2.45, 2.75) is 49.1 Å². The van der Waals surface area contributed by atoms with Gasteiger partial charge in [0, 0.05) is 0 Å². The molecule has 3 aromatic rings. The first kappa shape index (κ1) is 19.4. The summed E-state index contributed by atoms with van der Waals surface area (Å²) in [5.41, 5.74) is 6.81. The van der Waals surface area contributed by atoms with Gasteiger partial charge in [0.05, 0.1) is 17.0 Å². The molecule has 11 heteroatoms. The van der Waals surface area contributed by atoms with Crippen molar-refractivity contribution in [2.24, 2.45) is 0 Å². The van der Waals surface area contributed by atoms with Crippen molar-refractivity contribution in [1.82, 2.24) is 19.5 Å². The number of rotatable bonds is 4. The number of hydrogen-bond donors (Lipinski definition) is 1. The third-order valence-electron chi connectivity index (χ3n) is 5.27. The van der Waals surface area contributed by atoms with E-state index in [1.165, 1.54) is 6.33 Å². The molecule has 2 aliphatic rings. The number of sulfone groups is 1. The average molecular weight is 431 g/mol. The predicted octanol–water partition coefficient (Wildman–Crippen LogP) is 1.30. The van der Waals surface area contributed by atoms with Crippen molar-refractivity contribution >= 4 is 26.8 Å². The molecule has 10 nitrogen and oxygen atoms in total. The molecule has 5 rings (SSSR count). The first-order valence-corrected chi connectivity index (χ1v) is 11.1. The van der Waals surface area contributed by atoms with Crippen LogP contribution in [0.2, 0.25) is 0 Å². The summed E-state index contributed by atoms with van der Waals surface area (Å²) in [6, 6.07) is 8.28. The number of aromatic nitrogens is 4. The molecule has 4 heterocycles. The predicted molar refractivity (Wildman–Crippen MR) is 106 cm³/mol. The molecule has 4 atom stereocenters. The summed E-state index contributed by atoms with van der Waals surface area (Å²) in [4.78, 5) is 12.7. The molecular formula is C19H21N5O5S. The van der Waals surface area contributed by atoms with Gasteiger partial charge in [0.25, 0.3) is 0 Å². The summed E-state index contributed by atoms with van der Waals surface area (Å²) < 4.78 is 45.9. The highest BCUT2D eigenvalue weighted by Gasteiger charge is 2.57. The van der Waals surface area contributed by atoms with Gasteiger partial charge in [0.15, 0.2) is 33.3 Å². The minimum atomic E-state index is -3.59. The van der Waals surface area contributed by atoms with Crippen molar-refractivity contribution in [3.63, 3.8) is 0 Å². The van der Waals surface area contributed by atoms with E-state index in [1.807, 2.05) is 0 Å². The van der Waals surface area contributed by atoms with Gasteiger partial charge in [0.1, 0.15) is 30.2 Å². The fourth-order valence-corrected chi connectivity index (χ4v) is 5.48. The van der Waals surface area contributed by atoms with Crippen LogP contribution in [-0.4, -0.2) is 57.8 Å². The Balaban J connectivity index is 1.51. The summed E-state index contributed by atoms with van der Waals surface area (Å²) in [7, 11) is -3.59. The topological polar surface area (TPSA) is 131 Å². The molecule has 30 heavy (non-hydrogen) atoms. The fourth-order valence-electron chi connectivity index (χ4n) is 4.01. The molecule has 2 N–H and O–H groups in total. The third kappa shape index (κ3) is 3.14. The van der Waals surface area contributed by atoms with Crippen LogP contribution in [0, 0.1) is 0 Å². The Morgan fingerprint density at radius 1 is 1.10 bits per heavy atom. The van der Waals surface area contributed by atoms with Crippen molar-refractivity contribution in [1.29, 1.82) is 0 Å². The second-order valence-corrected chi connectivity index (χ2v) is 9.84. The van der Waals surface area contributed by atoms with Gasteiger partial charge in [-0.05, 0) is 26.0 Å². The van der Waals surface area contributed by atoms with Crippen molar-refractivity contribution in [2.75, 3.05) is 11.5 Å². The number of anilines is 1. The molecule has 0 bridgehead atoms. The molecule has 1 aromatic carbocycles. The number of ether oxygens (including phenoxy) is 3. The summed E-state index contributed by atoms with van der Waals surface area (Å²) in [5.74, 6) is -0.866. The maximum Gasteiger partial charge on any atom is 0.181 e. The first-order chi connectivity index (χ1) is 14.3. The van der Waals surface area contributed by atoms with Gasteiger partial charge in [-0.25, -0.2) is 23.4 Å². The van der Waals surface area contributed by atoms with Gasteiger partial charge >= 0.3 is 0 Å². The highest BCUT2D eigenvalue weighted by atomic mass is 32.2. The van der Waals surface area contributed by atoms with Crippen LogP contribution < -0.4 is 5.73 Å². The van der Waals surface area contributed by atoms with Crippen LogP contribution in [0.4, 0.5) is 5.82 Å². The molecule has 0 saturated carbocycles. The molecule has 0 unspecified atom stereocenters. The second-order valence-electron chi connectivity index (χ2n) is 7.81. The summed E-state index contributed by atoms with van der Waals surface area (Å²) in [6.07, 6.45) is 0.371. The van der Waals surface area contributed by atoms with Crippen LogP contribution >= 0.6 is 0 Å². The minimum Gasteiger partial charge on any atom is -0.382 e. The van der Waals surface area contributed by atoms with E-state index in [-0.39, 0.29) is 16.5 Å². The Bertz CT molecular complexity index is 1200. The molecule has 0 radical (unpaired) electrons. The fraction of sp³-hybridized carbons (Fsp3) is 0.421. The van der Waals surface area contributed by atoms with E-state index < -0.39 is 40.2 Å². The molecule has 158 valence electrons. The molecule has 2 fully saturated rings. The summed E-state index contributed by atoms with van der Waals surface area (Å²) in [5, 5.41) is 0. The smallest absolute Gasteiger partial charge is 0.181 e. The zero-order valence-electron chi connectivity index (χ0n) is 16.4. The van der Waals surface area contributed by atoms with Gasteiger partial charge in [-0.1, -0.05) is 18.2 Å². The quantitative estimate of drug-likeness (QED) is 0.649. The maximum atomic E-state index is 13.0. The number of imidazole rings is 1. The van der Waals surface area contributed by atoms with Gasteiger partial charge in [-0.15, -0.1) is 0 Å². The zero-order valence-corrected chi connectivity index (χ0v) is 17.2. The molecule has 2 aliphatic heterocycles. The van der Waals surface area contributed by atoms with E-state index >= 15 is 0 Å². The van der Waals surface area contributed by atoms with Crippen LogP contribution in [0.25, 0.3) is 11.2 Å². The molecule has 2 aromatic heterocycles. The van der Waals surface area contributed by atoms with Crippen LogP contribution in [0.5, 0.6) is 0 Å². The highest BCUT2D eigenvalue weighted by Crippen LogP contribution is 2.44. The van der Waals surface area contributed by atoms with Crippen molar-refractivity contribution < 1.29 is 22.6 Å². The van der Waals surface area contributed by atoms with E-state index in [0.717, 1.165) is 0 Å².